The van der Waals surface area contributed by atoms with E-state index in [9.17, 15) is 20.4 Å². The molecule has 2 aromatic heterocycles. The largest absolute Gasteiger partial charge is 0.478 e. The fourth-order valence-electron chi connectivity index (χ4n) is 3.93. The average molecular weight is 422 g/mol. The summed E-state index contributed by atoms with van der Waals surface area (Å²) in [7, 11) is 0. The normalized spacial score (nSPS) is 13.7. The minimum atomic E-state index is -0.999. The first kappa shape index (κ1) is 20.6. The summed E-state index contributed by atoms with van der Waals surface area (Å²) in [5, 5.41) is 28.5. The molecule has 7 nitrogen and oxygen atoms in total. The van der Waals surface area contributed by atoms with Gasteiger partial charge in [-0.3, -0.25) is 0 Å². The van der Waals surface area contributed by atoms with Crippen LogP contribution in [0.5, 0.6) is 0 Å². The molecule has 0 bridgehead atoms. The van der Waals surface area contributed by atoms with E-state index < -0.39 is 5.97 Å². The van der Waals surface area contributed by atoms with Crippen LogP contribution in [0, 0.1) is 36.5 Å². The molecule has 156 valence electrons. The number of furan rings is 1. The van der Waals surface area contributed by atoms with E-state index >= 15 is 0 Å². The standard InChI is InChI=1S/C25H18N4O3/c1-12-4-5-15(8-17(12)25(30)31)21-7-6-16(32-21)9-18-13(2)19(10-26)23-22(18)14(3)20(11-27)24(28)29-23/h4-9H,1-3H3,(H2,28,29)(H,30,31)/b18-9-. The Morgan fingerprint density at radius 1 is 1.16 bits per heavy atom. The van der Waals surface area contributed by atoms with Crippen molar-refractivity contribution in [2.24, 2.45) is 0 Å². The number of hydrogen-bond acceptors (Lipinski definition) is 6. The number of carbonyl (C=O) groups is 1. The number of nitrogens with zero attached hydrogens (tertiary/aromatic N) is 3. The number of aryl methyl sites for hydroxylation is 1. The summed E-state index contributed by atoms with van der Waals surface area (Å²) in [5.41, 5.74) is 11.4. The molecule has 1 aromatic carbocycles. The zero-order valence-electron chi connectivity index (χ0n) is 17.6. The molecule has 1 aliphatic carbocycles. The fraction of sp³-hybridized carbons (Fsp3) is 0.120. The van der Waals surface area contributed by atoms with Crippen molar-refractivity contribution in [3.05, 3.63) is 75.2 Å². The number of carboxylic acids is 1. The monoisotopic (exact) mass is 422 g/mol. The third-order valence-electron chi connectivity index (χ3n) is 5.65. The lowest BCUT2D eigenvalue weighted by atomic mass is 9.96. The van der Waals surface area contributed by atoms with Crippen molar-refractivity contribution in [2.75, 3.05) is 5.73 Å². The lowest BCUT2D eigenvalue weighted by molar-refractivity contribution is 0.0696. The fourth-order valence-corrected chi connectivity index (χ4v) is 3.93. The second-order valence-corrected chi connectivity index (χ2v) is 7.54. The lowest BCUT2D eigenvalue weighted by Gasteiger charge is -2.10. The summed E-state index contributed by atoms with van der Waals surface area (Å²) in [5.74, 6) is 0.136. The molecular weight excluding hydrogens is 404 g/mol. The zero-order valence-corrected chi connectivity index (χ0v) is 17.6. The second kappa shape index (κ2) is 7.57. The van der Waals surface area contributed by atoms with E-state index in [0.29, 0.717) is 50.6 Å². The number of carboxylic acid groups (broad SMARTS) is 1. The number of nitrogens with two attached hydrogens (primary N) is 1. The maximum Gasteiger partial charge on any atom is 0.335 e. The molecule has 0 radical (unpaired) electrons. The summed E-state index contributed by atoms with van der Waals surface area (Å²) < 4.78 is 5.97. The Morgan fingerprint density at radius 3 is 2.56 bits per heavy atom. The highest BCUT2D eigenvalue weighted by atomic mass is 16.4. The zero-order chi connectivity index (χ0) is 23.2. The Balaban J connectivity index is 1.84. The van der Waals surface area contributed by atoms with E-state index in [2.05, 4.69) is 17.1 Å². The molecular formula is C25H18N4O3. The number of benzene rings is 1. The number of rotatable bonds is 3. The number of aromatic carboxylic acids is 1. The van der Waals surface area contributed by atoms with Crippen molar-refractivity contribution in [3.8, 4) is 23.5 Å². The molecule has 2 heterocycles. The number of hydrogen-bond donors (Lipinski definition) is 2. The molecule has 0 amide bonds. The van der Waals surface area contributed by atoms with Crippen LogP contribution in [-0.4, -0.2) is 16.1 Å². The first-order chi connectivity index (χ1) is 15.3. The number of pyridine rings is 1. The van der Waals surface area contributed by atoms with Crippen LogP contribution in [0.25, 0.3) is 28.5 Å². The highest BCUT2D eigenvalue weighted by Crippen LogP contribution is 2.44. The number of nitriles is 2. The van der Waals surface area contributed by atoms with E-state index in [1.54, 1.807) is 50.3 Å². The van der Waals surface area contributed by atoms with Crippen molar-refractivity contribution >= 4 is 29.0 Å². The Labute approximate surface area is 184 Å². The van der Waals surface area contributed by atoms with Gasteiger partial charge in [-0.1, -0.05) is 12.1 Å². The van der Waals surface area contributed by atoms with Crippen LogP contribution < -0.4 is 5.73 Å². The van der Waals surface area contributed by atoms with Crippen molar-refractivity contribution in [3.63, 3.8) is 0 Å². The Morgan fingerprint density at radius 2 is 1.91 bits per heavy atom. The van der Waals surface area contributed by atoms with Crippen LogP contribution >= 0.6 is 0 Å². The van der Waals surface area contributed by atoms with Gasteiger partial charge < -0.3 is 15.3 Å². The third-order valence-corrected chi connectivity index (χ3v) is 5.65. The topological polar surface area (TPSA) is 137 Å². The Kier molecular flexibility index (Phi) is 4.88. The van der Waals surface area contributed by atoms with Crippen LogP contribution in [-0.2, 0) is 0 Å². The molecule has 4 rings (SSSR count). The maximum atomic E-state index is 11.5. The number of anilines is 1. The highest BCUT2D eigenvalue weighted by molar-refractivity contribution is 6.08. The van der Waals surface area contributed by atoms with Crippen LogP contribution in [0.1, 0.15) is 51.0 Å². The Bertz CT molecular complexity index is 1460. The van der Waals surface area contributed by atoms with E-state index in [1.807, 2.05) is 6.92 Å². The number of nitrogen functional groups attached to an aromatic ring is 1. The van der Waals surface area contributed by atoms with Crippen LogP contribution in [0.3, 0.4) is 0 Å². The first-order valence-electron chi connectivity index (χ1n) is 9.75. The van der Waals surface area contributed by atoms with Crippen molar-refractivity contribution < 1.29 is 14.3 Å². The molecule has 0 fully saturated rings. The van der Waals surface area contributed by atoms with Crippen molar-refractivity contribution in [1.82, 2.24) is 4.98 Å². The van der Waals surface area contributed by atoms with Gasteiger partial charge >= 0.3 is 5.97 Å². The minimum Gasteiger partial charge on any atom is -0.478 e. The summed E-state index contributed by atoms with van der Waals surface area (Å²) >= 11 is 0. The molecule has 3 aromatic rings. The smallest absolute Gasteiger partial charge is 0.335 e. The highest BCUT2D eigenvalue weighted by Gasteiger charge is 2.30. The molecule has 0 atom stereocenters. The molecule has 32 heavy (non-hydrogen) atoms. The molecule has 0 unspecified atom stereocenters. The van der Waals surface area contributed by atoms with E-state index in [-0.39, 0.29) is 16.9 Å². The summed E-state index contributed by atoms with van der Waals surface area (Å²) in [4.78, 5) is 15.8. The molecule has 7 heteroatoms. The SMILES string of the molecule is CC1=C(C#N)c2nc(N)c(C#N)c(C)c2/C1=C\c1ccc(-c2ccc(C)c(C(=O)O)c2)o1. The minimum absolute atomic E-state index is 0.0967. The summed E-state index contributed by atoms with van der Waals surface area (Å²) in [6.07, 6.45) is 1.79. The van der Waals surface area contributed by atoms with Crippen LogP contribution in [0.15, 0.2) is 40.3 Å². The van der Waals surface area contributed by atoms with Gasteiger partial charge in [0, 0.05) is 11.1 Å². The van der Waals surface area contributed by atoms with Crippen LogP contribution in [0.2, 0.25) is 0 Å². The number of aromatic nitrogens is 1. The number of allylic oxidation sites excluding steroid dienone is 3. The quantitative estimate of drug-likeness (QED) is 0.608. The van der Waals surface area contributed by atoms with Crippen molar-refractivity contribution in [2.45, 2.75) is 20.8 Å². The van der Waals surface area contributed by atoms with Gasteiger partial charge in [0.05, 0.1) is 22.4 Å². The predicted molar refractivity (Wildman–Crippen MR) is 120 cm³/mol. The van der Waals surface area contributed by atoms with Gasteiger partial charge in [-0.15, -0.1) is 0 Å². The molecule has 3 N–H and O–H groups in total. The molecule has 0 saturated carbocycles. The van der Waals surface area contributed by atoms with Gasteiger partial charge in [-0.2, -0.15) is 10.5 Å². The van der Waals surface area contributed by atoms with E-state index in [4.69, 9.17) is 10.2 Å². The average Bonchev–Trinajstić information content (AvgIpc) is 3.31. The van der Waals surface area contributed by atoms with Gasteiger partial charge in [0.2, 0.25) is 0 Å². The van der Waals surface area contributed by atoms with Crippen LogP contribution in [0.4, 0.5) is 5.82 Å². The number of fused-ring (bicyclic) bond motifs is 1. The van der Waals surface area contributed by atoms with Gasteiger partial charge in [-0.25, -0.2) is 9.78 Å². The summed E-state index contributed by atoms with van der Waals surface area (Å²) in [6.45, 7) is 5.34. The van der Waals surface area contributed by atoms with Gasteiger partial charge in [0.1, 0.15) is 29.5 Å². The molecule has 1 aliphatic rings. The maximum absolute atomic E-state index is 11.5. The lowest BCUT2D eigenvalue weighted by Crippen LogP contribution is -2.03. The van der Waals surface area contributed by atoms with Gasteiger partial charge in [0.25, 0.3) is 0 Å². The first-order valence-corrected chi connectivity index (χ1v) is 9.75. The van der Waals surface area contributed by atoms with E-state index in [0.717, 1.165) is 5.57 Å². The predicted octanol–water partition coefficient (Wildman–Crippen LogP) is 4.96. The molecule has 0 aliphatic heterocycles. The molecule has 0 spiro atoms. The van der Waals surface area contributed by atoms with Crippen molar-refractivity contribution in [1.29, 1.82) is 10.5 Å². The second-order valence-electron chi connectivity index (χ2n) is 7.54. The Hall–Kier alpha value is -4.62. The van der Waals surface area contributed by atoms with Gasteiger partial charge in [0.15, 0.2) is 0 Å². The van der Waals surface area contributed by atoms with E-state index in [1.165, 1.54) is 0 Å². The summed E-state index contributed by atoms with van der Waals surface area (Å²) in [6, 6.07) is 12.9. The molecule has 0 saturated heterocycles. The third kappa shape index (κ3) is 3.13. The van der Waals surface area contributed by atoms with Gasteiger partial charge in [-0.05, 0) is 67.3 Å².